The molecule has 4 nitrogen and oxygen atoms in total. The summed E-state index contributed by atoms with van der Waals surface area (Å²) in [4.78, 5) is 0. The third-order valence-electron chi connectivity index (χ3n) is 3.11. The molecule has 2 aromatic rings. The molecule has 0 spiro atoms. The standard InChI is InChI=1S/C14H19ClN4/c1-10-5-6-12(11(2)8-10)19-13(4-3-7-16)17-18-14(19)9-15/h5-6,8H,3-4,7,9,16H2,1-2H3. The van der Waals surface area contributed by atoms with Crippen LogP contribution in [0.4, 0.5) is 0 Å². The van der Waals surface area contributed by atoms with Crippen molar-refractivity contribution in [1.29, 1.82) is 0 Å². The van der Waals surface area contributed by atoms with E-state index in [2.05, 4.69) is 46.8 Å². The minimum atomic E-state index is 0.350. The Balaban J connectivity index is 2.49. The zero-order chi connectivity index (χ0) is 13.8. The van der Waals surface area contributed by atoms with E-state index in [9.17, 15) is 0 Å². The Kier molecular flexibility index (Phi) is 4.56. The van der Waals surface area contributed by atoms with Crippen LogP contribution in [-0.4, -0.2) is 21.3 Å². The van der Waals surface area contributed by atoms with Crippen LogP contribution in [0.2, 0.25) is 0 Å². The predicted molar refractivity (Wildman–Crippen MR) is 77.8 cm³/mol. The molecule has 2 rings (SSSR count). The smallest absolute Gasteiger partial charge is 0.152 e. The molecule has 0 unspecified atom stereocenters. The molecule has 0 amide bonds. The fourth-order valence-corrected chi connectivity index (χ4v) is 2.37. The van der Waals surface area contributed by atoms with E-state index in [1.165, 1.54) is 11.1 Å². The molecule has 1 aromatic carbocycles. The average Bonchev–Trinajstić information content (AvgIpc) is 2.79. The van der Waals surface area contributed by atoms with Gasteiger partial charge in [0.2, 0.25) is 0 Å². The van der Waals surface area contributed by atoms with Crippen molar-refractivity contribution >= 4 is 11.6 Å². The Labute approximate surface area is 118 Å². The monoisotopic (exact) mass is 278 g/mol. The van der Waals surface area contributed by atoms with Crippen molar-refractivity contribution in [3.8, 4) is 5.69 Å². The maximum absolute atomic E-state index is 5.96. The molecule has 102 valence electrons. The maximum Gasteiger partial charge on any atom is 0.152 e. The largest absolute Gasteiger partial charge is 0.330 e. The molecule has 0 saturated heterocycles. The molecular formula is C14H19ClN4. The van der Waals surface area contributed by atoms with Gasteiger partial charge in [0.25, 0.3) is 0 Å². The number of halogens is 1. The highest BCUT2D eigenvalue weighted by Crippen LogP contribution is 2.20. The number of alkyl halides is 1. The van der Waals surface area contributed by atoms with Gasteiger partial charge in [0, 0.05) is 6.42 Å². The van der Waals surface area contributed by atoms with Crippen LogP contribution >= 0.6 is 11.6 Å². The number of nitrogens with two attached hydrogens (primary N) is 1. The first-order chi connectivity index (χ1) is 9.17. The van der Waals surface area contributed by atoms with E-state index in [-0.39, 0.29) is 0 Å². The Morgan fingerprint density at radius 3 is 2.58 bits per heavy atom. The van der Waals surface area contributed by atoms with E-state index in [0.29, 0.717) is 12.4 Å². The number of hydrogen-bond donors (Lipinski definition) is 1. The van der Waals surface area contributed by atoms with Gasteiger partial charge in [-0.2, -0.15) is 0 Å². The lowest BCUT2D eigenvalue weighted by Gasteiger charge is -2.12. The minimum Gasteiger partial charge on any atom is -0.330 e. The van der Waals surface area contributed by atoms with Crippen LogP contribution in [0.1, 0.15) is 29.2 Å². The summed E-state index contributed by atoms with van der Waals surface area (Å²) in [7, 11) is 0. The summed E-state index contributed by atoms with van der Waals surface area (Å²) in [6, 6.07) is 6.34. The highest BCUT2D eigenvalue weighted by molar-refractivity contribution is 6.16. The van der Waals surface area contributed by atoms with Crippen LogP contribution in [0, 0.1) is 13.8 Å². The lowest BCUT2D eigenvalue weighted by Crippen LogP contribution is -2.09. The Morgan fingerprint density at radius 1 is 1.21 bits per heavy atom. The number of aromatic nitrogens is 3. The second-order valence-corrected chi connectivity index (χ2v) is 4.95. The van der Waals surface area contributed by atoms with Crippen LogP contribution in [0.3, 0.4) is 0 Å². The summed E-state index contributed by atoms with van der Waals surface area (Å²) in [6.45, 7) is 4.82. The fourth-order valence-electron chi connectivity index (χ4n) is 2.20. The third-order valence-corrected chi connectivity index (χ3v) is 3.35. The molecule has 1 heterocycles. The Bertz CT molecular complexity index is 563. The first-order valence-electron chi connectivity index (χ1n) is 6.44. The van der Waals surface area contributed by atoms with E-state index < -0.39 is 0 Å². The normalized spacial score (nSPS) is 10.9. The molecule has 0 aliphatic carbocycles. The van der Waals surface area contributed by atoms with Gasteiger partial charge >= 0.3 is 0 Å². The molecule has 5 heteroatoms. The van der Waals surface area contributed by atoms with E-state index in [4.69, 9.17) is 17.3 Å². The molecule has 2 N–H and O–H groups in total. The van der Waals surface area contributed by atoms with E-state index in [1.54, 1.807) is 0 Å². The predicted octanol–water partition coefficient (Wildman–Crippen LogP) is 2.51. The highest BCUT2D eigenvalue weighted by Gasteiger charge is 2.14. The van der Waals surface area contributed by atoms with E-state index in [0.717, 1.165) is 30.2 Å². The first kappa shape index (κ1) is 14.0. The molecule has 1 aromatic heterocycles. The van der Waals surface area contributed by atoms with E-state index in [1.807, 2.05) is 0 Å². The van der Waals surface area contributed by atoms with Crippen molar-refractivity contribution in [2.24, 2.45) is 5.73 Å². The fraction of sp³-hybridized carbons (Fsp3) is 0.429. The minimum absolute atomic E-state index is 0.350. The molecule has 0 radical (unpaired) electrons. The second kappa shape index (κ2) is 6.17. The third kappa shape index (κ3) is 2.96. The van der Waals surface area contributed by atoms with Gasteiger partial charge in [-0.05, 0) is 38.4 Å². The summed E-state index contributed by atoms with van der Waals surface area (Å²) in [5.74, 6) is 2.05. The van der Waals surface area contributed by atoms with E-state index >= 15 is 0 Å². The number of nitrogens with zero attached hydrogens (tertiary/aromatic N) is 3. The number of hydrogen-bond acceptors (Lipinski definition) is 3. The lowest BCUT2D eigenvalue weighted by molar-refractivity contribution is 0.755. The molecule has 0 aliphatic rings. The van der Waals surface area contributed by atoms with Gasteiger partial charge in [-0.25, -0.2) is 0 Å². The Morgan fingerprint density at radius 2 is 1.95 bits per heavy atom. The zero-order valence-electron chi connectivity index (χ0n) is 11.4. The van der Waals surface area contributed by atoms with Gasteiger partial charge in [-0.15, -0.1) is 21.8 Å². The second-order valence-electron chi connectivity index (χ2n) is 4.68. The van der Waals surface area contributed by atoms with Crippen LogP contribution in [0.25, 0.3) is 5.69 Å². The van der Waals surface area contributed by atoms with Gasteiger partial charge in [-0.1, -0.05) is 17.7 Å². The Hall–Kier alpha value is -1.39. The van der Waals surface area contributed by atoms with Gasteiger partial charge in [-0.3, -0.25) is 4.57 Å². The topological polar surface area (TPSA) is 56.7 Å². The number of aryl methyl sites for hydroxylation is 3. The van der Waals surface area contributed by atoms with Crippen molar-refractivity contribution in [2.45, 2.75) is 32.6 Å². The number of benzene rings is 1. The summed E-state index contributed by atoms with van der Waals surface area (Å²) in [5, 5.41) is 8.41. The summed E-state index contributed by atoms with van der Waals surface area (Å²) >= 11 is 5.96. The molecule has 0 atom stereocenters. The number of rotatable bonds is 5. The van der Waals surface area contributed by atoms with Crippen LogP contribution in [0.15, 0.2) is 18.2 Å². The summed E-state index contributed by atoms with van der Waals surface area (Å²) < 4.78 is 2.05. The summed E-state index contributed by atoms with van der Waals surface area (Å²) in [5.41, 5.74) is 9.10. The summed E-state index contributed by atoms with van der Waals surface area (Å²) in [6.07, 6.45) is 1.71. The van der Waals surface area contributed by atoms with Gasteiger partial charge in [0.1, 0.15) is 5.82 Å². The SMILES string of the molecule is Cc1ccc(-n2c(CCl)nnc2CCCN)c(C)c1. The average molecular weight is 279 g/mol. The first-order valence-corrected chi connectivity index (χ1v) is 6.97. The van der Waals surface area contributed by atoms with Gasteiger partial charge < -0.3 is 5.73 Å². The van der Waals surface area contributed by atoms with Crippen molar-refractivity contribution in [1.82, 2.24) is 14.8 Å². The molecule has 0 bridgehead atoms. The molecule has 0 saturated carbocycles. The van der Waals surface area contributed by atoms with Crippen molar-refractivity contribution in [3.63, 3.8) is 0 Å². The van der Waals surface area contributed by atoms with Crippen LogP contribution < -0.4 is 5.73 Å². The van der Waals surface area contributed by atoms with Crippen LogP contribution in [-0.2, 0) is 12.3 Å². The van der Waals surface area contributed by atoms with Gasteiger partial charge in [0.05, 0.1) is 11.6 Å². The zero-order valence-corrected chi connectivity index (χ0v) is 12.1. The molecule has 19 heavy (non-hydrogen) atoms. The molecular weight excluding hydrogens is 260 g/mol. The molecule has 0 aliphatic heterocycles. The quantitative estimate of drug-likeness (QED) is 0.855. The highest BCUT2D eigenvalue weighted by atomic mass is 35.5. The van der Waals surface area contributed by atoms with Crippen LogP contribution in [0.5, 0.6) is 0 Å². The van der Waals surface area contributed by atoms with Crippen molar-refractivity contribution < 1.29 is 0 Å². The van der Waals surface area contributed by atoms with Crippen molar-refractivity contribution in [2.75, 3.05) is 6.54 Å². The lowest BCUT2D eigenvalue weighted by atomic mass is 10.1. The van der Waals surface area contributed by atoms with Gasteiger partial charge in [0.15, 0.2) is 5.82 Å². The van der Waals surface area contributed by atoms with Crippen molar-refractivity contribution in [3.05, 3.63) is 41.0 Å². The molecule has 0 fully saturated rings. The maximum atomic E-state index is 5.96.